The highest BCUT2D eigenvalue weighted by atomic mass is 35.5. The topological polar surface area (TPSA) is 38.9 Å². The number of anilines is 1. The van der Waals surface area contributed by atoms with E-state index in [1.165, 1.54) is 0 Å². The fourth-order valence-corrected chi connectivity index (χ4v) is 2.50. The summed E-state index contributed by atoms with van der Waals surface area (Å²) in [6.07, 6.45) is 0. The average Bonchev–Trinajstić information content (AvgIpc) is 2.23. The van der Waals surface area contributed by atoms with E-state index < -0.39 is 0 Å². The summed E-state index contributed by atoms with van der Waals surface area (Å²) in [5, 5.41) is 1.66. The van der Waals surface area contributed by atoms with Gasteiger partial charge >= 0.3 is 0 Å². The van der Waals surface area contributed by atoms with Crippen LogP contribution in [-0.4, -0.2) is 4.98 Å². The molecular weight excluding hydrogens is 232 g/mol. The third kappa shape index (κ3) is 1.87. The van der Waals surface area contributed by atoms with Crippen LogP contribution in [0.15, 0.2) is 12.1 Å². The number of aromatic nitrogens is 1. The Hall–Kier alpha value is -1.28. The molecule has 1 heterocycles. The minimum absolute atomic E-state index is 0.368. The summed E-state index contributed by atoms with van der Waals surface area (Å²) in [6.45, 7) is 8.22. The summed E-state index contributed by atoms with van der Waals surface area (Å²) in [7, 11) is 0. The zero-order valence-corrected chi connectivity index (χ0v) is 11.4. The highest BCUT2D eigenvalue weighted by molar-refractivity contribution is 6.36. The zero-order valence-electron chi connectivity index (χ0n) is 10.6. The van der Waals surface area contributed by atoms with E-state index in [0.29, 0.717) is 10.9 Å². The lowest BCUT2D eigenvalue weighted by Crippen LogP contribution is -2.03. The highest BCUT2D eigenvalue weighted by Gasteiger charge is 2.15. The van der Waals surface area contributed by atoms with Gasteiger partial charge in [-0.1, -0.05) is 37.6 Å². The van der Waals surface area contributed by atoms with Gasteiger partial charge in [-0.2, -0.15) is 0 Å². The van der Waals surface area contributed by atoms with Gasteiger partial charge in [0.15, 0.2) is 0 Å². The van der Waals surface area contributed by atoms with Crippen molar-refractivity contribution >= 4 is 28.2 Å². The molecule has 2 N–H and O–H groups in total. The first-order valence-corrected chi connectivity index (χ1v) is 6.16. The molecule has 0 amide bonds. The van der Waals surface area contributed by atoms with Crippen LogP contribution in [-0.2, 0) is 0 Å². The summed E-state index contributed by atoms with van der Waals surface area (Å²) < 4.78 is 0. The van der Waals surface area contributed by atoms with Gasteiger partial charge in [0.1, 0.15) is 0 Å². The number of nitrogens with two attached hydrogens (primary N) is 1. The van der Waals surface area contributed by atoms with E-state index in [9.17, 15) is 0 Å². The van der Waals surface area contributed by atoms with Crippen molar-refractivity contribution in [3.05, 3.63) is 34.0 Å². The van der Waals surface area contributed by atoms with Gasteiger partial charge in [-0.15, -0.1) is 0 Å². The smallest absolute Gasteiger partial charge is 0.0914 e. The molecule has 0 unspecified atom stereocenters. The van der Waals surface area contributed by atoms with Crippen molar-refractivity contribution in [2.45, 2.75) is 33.6 Å². The van der Waals surface area contributed by atoms with Gasteiger partial charge in [-0.05, 0) is 30.9 Å². The quantitative estimate of drug-likeness (QED) is 0.821. The molecule has 1 aromatic heterocycles. The lowest BCUT2D eigenvalue weighted by molar-refractivity contribution is 0.851. The fraction of sp³-hybridized carbons (Fsp3) is 0.357. The molecule has 0 spiro atoms. The van der Waals surface area contributed by atoms with Crippen LogP contribution in [0.2, 0.25) is 5.02 Å². The number of aryl methyl sites for hydroxylation is 2. The number of benzene rings is 1. The predicted octanol–water partition coefficient (Wildman–Crippen LogP) is 4.21. The zero-order chi connectivity index (χ0) is 12.7. The molecule has 90 valence electrons. The molecule has 0 bridgehead atoms. The van der Waals surface area contributed by atoms with Crippen molar-refractivity contribution in [1.29, 1.82) is 0 Å². The normalized spacial score (nSPS) is 11.4. The van der Waals surface area contributed by atoms with Crippen LogP contribution < -0.4 is 5.73 Å². The highest BCUT2D eigenvalue weighted by Crippen LogP contribution is 2.34. The number of hydrogen-bond acceptors (Lipinski definition) is 2. The van der Waals surface area contributed by atoms with Crippen molar-refractivity contribution < 1.29 is 0 Å². The van der Waals surface area contributed by atoms with Crippen LogP contribution in [0.3, 0.4) is 0 Å². The third-order valence-electron chi connectivity index (χ3n) is 3.14. The van der Waals surface area contributed by atoms with Gasteiger partial charge in [0.05, 0.1) is 10.5 Å². The Kier molecular flexibility index (Phi) is 3.00. The average molecular weight is 249 g/mol. The molecule has 2 nitrogen and oxygen atoms in total. The van der Waals surface area contributed by atoms with Crippen LogP contribution in [0, 0.1) is 13.8 Å². The second-order valence-electron chi connectivity index (χ2n) is 4.77. The Labute approximate surface area is 107 Å². The van der Waals surface area contributed by atoms with E-state index in [1.807, 2.05) is 26.0 Å². The first-order valence-electron chi connectivity index (χ1n) is 5.78. The molecule has 0 atom stereocenters. The Morgan fingerprint density at radius 3 is 2.47 bits per heavy atom. The van der Waals surface area contributed by atoms with Crippen molar-refractivity contribution in [1.82, 2.24) is 4.98 Å². The molecule has 2 aromatic rings. The monoisotopic (exact) mass is 248 g/mol. The minimum atomic E-state index is 0.368. The molecule has 0 fully saturated rings. The Balaban J connectivity index is 2.91. The molecule has 0 radical (unpaired) electrons. The van der Waals surface area contributed by atoms with Crippen LogP contribution in [0.4, 0.5) is 5.69 Å². The number of nitrogens with zero attached hydrogens (tertiary/aromatic N) is 1. The standard InChI is InChI=1S/C14H17ClN2/c1-7(2)11-9(4)17-14-10(13(11)16)6-5-8(3)12(14)15/h5-7H,1-4H3,(H2,16,17). The molecule has 1 aromatic carbocycles. The number of nitrogen functional groups attached to an aromatic ring is 1. The summed E-state index contributed by atoms with van der Waals surface area (Å²) in [5.41, 5.74) is 11.0. The van der Waals surface area contributed by atoms with Crippen molar-refractivity contribution in [2.75, 3.05) is 5.73 Å². The maximum Gasteiger partial charge on any atom is 0.0914 e. The molecule has 17 heavy (non-hydrogen) atoms. The van der Waals surface area contributed by atoms with E-state index in [2.05, 4.69) is 18.8 Å². The second kappa shape index (κ2) is 4.19. The molecule has 0 aliphatic heterocycles. The number of rotatable bonds is 1. The molecule has 0 saturated heterocycles. The van der Waals surface area contributed by atoms with Gasteiger partial charge in [0.2, 0.25) is 0 Å². The van der Waals surface area contributed by atoms with E-state index >= 15 is 0 Å². The SMILES string of the molecule is Cc1ccc2c(N)c(C(C)C)c(C)nc2c1Cl. The first-order chi connectivity index (χ1) is 7.93. The number of halogens is 1. The lowest BCUT2D eigenvalue weighted by atomic mass is 9.96. The largest absolute Gasteiger partial charge is 0.398 e. The summed E-state index contributed by atoms with van der Waals surface area (Å²) >= 11 is 6.28. The summed E-state index contributed by atoms with van der Waals surface area (Å²) in [6, 6.07) is 3.99. The molecule has 0 aliphatic carbocycles. The second-order valence-corrected chi connectivity index (χ2v) is 5.15. The van der Waals surface area contributed by atoms with Gasteiger partial charge < -0.3 is 5.73 Å². The Morgan fingerprint density at radius 1 is 1.24 bits per heavy atom. The van der Waals surface area contributed by atoms with Crippen LogP contribution in [0.5, 0.6) is 0 Å². The van der Waals surface area contributed by atoms with Gasteiger partial charge in [-0.3, -0.25) is 4.98 Å². The van der Waals surface area contributed by atoms with Crippen LogP contribution in [0.1, 0.15) is 36.6 Å². The minimum Gasteiger partial charge on any atom is -0.398 e. The van der Waals surface area contributed by atoms with Gasteiger partial charge in [-0.25, -0.2) is 0 Å². The third-order valence-corrected chi connectivity index (χ3v) is 3.61. The summed E-state index contributed by atoms with van der Waals surface area (Å²) in [5.74, 6) is 0.368. The first kappa shape index (κ1) is 12.2. The Morgan fingerprint density at radius 2 is 1.88 bits per heavy atom. The van der Waals surface area contributed by atoms with E-state index in [-0.39, 0.29) is 0 Å². The maximum absolute atomic E-state index is 6.28. The van der Waals surface area contributed by atoms with E-state index in [1.54, 1.807) is 0 Å². The number of hydrogen-bond donors (Lipinski definition) is 1. The van der Waals surface area contributed by atoms with E-state index in [4.69, 9.17) is 17.3 Å². The number of fused-ring (bicyclic) bond motifs is 1. The van der Waals surface area contributed by atoms with Crippen molar-refractivity contribution in [3.63, 3.8) is 0 Å². The Bertz CT molecular complexity index is 589. The molecule has 0 saturated carbocycles. The van der Waals surface area contributed by atoms with E-state index in [0.717, 1.165) is 33.4 Å². The van der Waals surface area contributed by atoms with Crippen LogP contribution in [0.25, 0.3) is 10.9 Å². The van der Waals surface area contributed by atoms with Gasteiger partial charge in [0, 0.05) is 16.8 Å². The summed E-state index contributed by atoms with van der Waals surface area (Å²) in [4.78, 5) is 4.61. The molecule has 2 rings (SSSR count). The lowest BCUT2D eigenvalue weighted by Gasteiger charge is -2.16. The molecular formula is C14H17ClN2. The van der Waals surface area contributed by atoms with Gasteiger partial charge in [0.25, 0.3) is 0 Å². The predicted molar refractivity (Wildman–Crippen MR) is 74.7 cm³/mol. The molecule has 3 heteroatoms. The maximum atomic E-state index is 6.28. The van der Waals surface area contributed by atoms with Crippen LogP contribution >= 0.6 is 11.6 Å². The fourth-order valence-electron chi connectivity index (χ4n) is 2.29. The number of pyridine rings is 1. The van der Waals surface area contributed by atoms with Crippen molar-refractivity contribution in [2.24, 2.45) is 0 Å². The molecule has 0 aliphatic rings. The van der Waals surface area contributed by atoms with Crippen molar-refractivity contribution in [3.8, 4) is 0 Å².